The first kappa shape index (κ1) is 26.3. The van der Waals surface area contributed by atoms with Gasteiger partial charge in [-0.1, -0.05) is 12.1 Å². The lowest BCUT2D eigenvalue weighted by molar-refractivity contribution is -0.137. The topological polar surface area (TPSA) is 83.9 Å². The van der Waals surface area contributed by atoms with Gasteiger partial charge in [0.25, 0.3) is 11.6 Å². The maximum Gasteiger partial charge on any atom is 0.418 e. The Kier molecular flexibility index (Phi) is 6.83. The van der Waals surface area contributed by atoms with Gasteiger partial charge in [-0.3, -0.25) is 19.8 Å². The molecule has 202 valence electrons. The van der Waals surface area contributed by atoms with Gasteiger partial charge in [0.05, 0.1) is 30.0 Å². The van der Waals surface area contributed by atoms with Crippen LogP contribution in [0.4, 0.5) is 22.0 Å². The summed E-state index contributed by atoms with van der Waals surface area (Å²) < 4.78 is 75.4. The molecule has 5 rings (SSSR count). The molecule has 0 bridgehead atoms. The van der Waals surface area contributed by atoms with Crippen LogP contribution in [0.25, 0.3) is 11.3 Å². The Morgan fingerprint density at radius 1 is 1.18 bits per heavy atom. The summed E-state index contributed by atoms with van der Waals surface area (Å²) in [5.41, 5.74) is -0.421. The summed E-state index contributed by atoms with van der Waals surface area (Å²) in [6.07, 6.45) is 0.285. The Labute approximate surface area is 219 Å². The fourth-order valence-electron chi connectivity index (χ4n) is 4.55. The van der Waals surface area contributed by atoms with Crippen molar-refractivity contribution in [2.75, 3.05) is 0 Å². The molecule has 2 aromatic carbocycles. The summed E-state index contributed by atoms with van der Waals surface area (Å²) in [5, 5.41) is 10.8. The van der Waals surface area contributed by atoms with Crippen molar-refractivity contribution in [1.82, 2.24) is 14.9 Å². The largest absolute Gasteiger partial charge is 0.432 e. The Bertz CT molecular complexity index is 1600. The highest BCUT2D eigenvalue weighted by molar-refractivity contribution is 5.96. The van der Waals surface area contributed by atoms with Gasteiger partial charge in [-0.2, -0.15) is 13.2 Å². The molecule has 2 aromatic heterocycles. The molecule has 2 heterocycles. The molecule has 1 atom stereocenters. The SMILES string of the molecule is Cc1cc(C(NC(=O)c2cc(Cn3ccoc3=N)cc(-c3ncc(F)cc3C(F)(F)F)c2)C2CC2)ccc1F. The zero-order chi connectivity index (χ0) is 27.9. The van der Waals surface area contributed by atoms with Crippen LogP contribution < -0.4 is 11.0 Å². The fourth-order valence-corrected chi connectivity index (χ4v) is 4.55. The Hall–Kier alpha value is -4.28. The Morgan fingerprint density at radius 2 is 1.95 bits per heavy atom. The lowest BCUT2D eigenvalue weighted by Crippen LogP contribution is -2.30. The minimum Gasteiger partial charge on any atom is -0.432 e. The van der Waals surface area contributed by atoms with Gasteiger partial charge in [-0.05, 0) is 72.7 Å². The van der Waals surface area contributed by atoms with Crippen LogP contribution in [0.1, 0.15) is 51.5 Å². The first-order valence-electron chi connectivity index (χ1n) is 12.1. The second-order valence-electron chi connectivity index (χ2n) is 9.60. The summed E-state index contributed by atoms with van der Waals surface area (Å²) in [5.74, 6) is -1.91. The third-order valence-corrected chi connectivity index (χ3v) is 6.64. The van der Waals surface area contributed by atoms with Crippen LogP contribution in [0.15, 0.2) is 65.5 Å². The highest BCUT2D eigenvalue weighted by atomic mass is 19.4. The van der Waals surface area contributed by atoms with Crippen molar-refractivity contribution in [3.05, 3.63) is 106 Å². The van der Waals surface area contributed by atoms with Gasteiger partial charge >= 0.3 is 6.18 Å². The van der Waals surface area contributed by atoms with Crippen molar-refractivity contribution in [3.63, 3.8) is 0 Å². The first-order valence-corrected chi connectivity index (χ1v) is 12.1. The van der Waals surface area contributed by atoms with Crippen LogP contribution in [-0.4, -0.2) is 15.5 Å². The number of carbonyl (C=O) groups excluding carboxylic acids is 1. The van der Waals surface area contributed by atoms with E-state index in [4.69, 9.17) is 9.83 Å². The number of benzene rings is 2. The number of nitrogens with one attached hydrogen (secondary N) is 2. The van der Waals surface area contributed by atoms with E-state index in [2.05, 4.69) is 10.3 Å². The predicted octanol–water partition coefficient (Wildman–Crippen LogP) is 6.16. The molecule has 11 heteroatoms. The Morgan fingerprint density at radius 3 is 2.59 bits per heavy atom. The fraction of sp³-hybridized carbons (Fsp3) is 0.250. The zero-order valence-corrected chi connectivity index (χ0v) is 20.7. The quantitative estimate of drug-likeness (QED) is 0.275. The van der Waals surface area contributed by atoms with Crippen molar-refractivity contribution in [1.29, 1.82) is 5.41 Å². The van der Waals surface area contributed by atoms with E-state index >= 15 is 0 Å². The maximum atomic E-state index is 13.9. The van der Waals surface area contributed by atoms with Gasteiger partial charge in [-0.15, -0.1) is 0 Å². The van der Waals surface area contributed by atoms with Crippen molar-refractivity contribution >= 4 is 5.91 Å². The van der Waals surface area contributed by atoms with Crippen molar-refractivity contribution in [3.8, 4) is 11.3 Å². The van der Waals surface area contributed by atoms with E-state index in [1.807, 2.05) is 0 Å². The number of pyridine rings is 1. The van der Waals surface area contributed by atoms with Crippen LogP contribution >= 0.6 is 0 Å². The van der Waals surface area contributed by atoms with Gasteiger partial charge in [0.1, 0.15) is 17.9 Å². The number of oxazole rings is 1. The number of hydrogen-bond acceptors (Lipinski definition) is 4. The van der Waals surface area contributed by atoms with Gasteiger partial charge in [0.15, 0.2) is 0 Å². The number of rotatable bonds is 7. The third-order valence-electron chi connectivity index (χ3n) is 6.64. The third kappa shape index (κ3) is 5.76. The molecule has 0 aliphatic heterocycles. The highest BCUT2D eigenvalue weighted by Gasteiger charge is 2.36. The second-order valence-corrected chi connectivity index (χ2v) is 9.60. The summed E-state index contributed by atoms with van der Waals surface area (Å²) in [6, 6.07) is 8.76. The van der Waals surface area contributed by atoms with Crippen molar-refractivity contribution in [2.24, 2.45) is 5.92 Å². The van der Waals surface area contributed by atoms with Crippen LogP contribution in [0.5, 0.6) is 0 Å². The Balaban J connectivity index is 1.57. The zero-order valence-electron chi connectivity index (χ0n) is 20.7. The minimum absolute atomic E-state index is 0.0230. The van der Waals surface area contributed by atoms with Gasteiger partial charge in [0, 0.05) is 17.3 Å². The average molecular weight is 543 g/mol. The van der Waals surface area contributed by atoms with E-state index in [1.54, 1.807) is 19.1 Å². The summed E-state index contributed by atoms with van der Waals surface area (Å²) in [4.78, 5) is 17.2. The first-order chi connectivity index (χ1) is 18.5. The number of carbonyl (C=O) groups is 1. The predicted molar refractivity (Wildman–Crippen MR) is 130 cm³/mol. The molecule has 1 aliphatic rings. The van der Waals surface area contributed by atoms with Gasteiger partial charge < -0.3 is 9.73 Å². The normalized spacial score (nSPS) is 14.3. The highest BCUT2D eigenvalue weighted by Crippen LogP contribution is 2.42. The number of nitrogens with zero attached hydrogens (tertiary/aromatic N) is 2. The van der Waals surface area contributed by atoms with Crippen molar-refractivity contribution < 1.29 is 31.2 Å². The van der Waals surface area contributed by atoms with E-state index in [0.717, 1.165) is 18.4 Å². The molecule has 0 spiro atoms. The minimum atomic E-state index is -4.89. The lowest BCUT2D eigenvalue weighted by Gasteiger charge is -2.20. The lowest BCUT2D eigenvalue weighted by atomic mass is 9.97. The molecule has 1 saturated carbocycles. The molecular weight excluding hydrogens is 519 g/mol. The van der Waals surface area contributed by atoms with E-state index in [9.17, 15) is 26.7 Å². The number of amides is 1. The van der Waals surface area contributed by atoms with Crippen LogP contribution in [0, 0.1) is 29.9 Å². The number of hydrogen-bond donors (Lipinski definition) is 2. The van der Waals surface area contributed by atoms with Crippen LogP contribution in [0.2, 0.25) is 0 Å². The number of aryl methyl sites for hydroxylation is 1. The standard InChI is InChI=1S/C28H23F5N4O2/c1-15-8-18(4-5-23(15)30)24(17-2-3-17)36-26(38)20-10-16(14-37-6-7-39-27(37)34)9-19(11-20)25-22(28(31,32)33)12-21(29)13-35-25/h4-13,17,24,34H,2-3,14H2,1H3,(H,36,38). The van der Waals surface area contributed by atoms with Crippen molar-refractivity contribution in [2.45, 2.75) is 38.5 Å². The molecule has 0 radical (unpaired) electrons. The molecule has 6 nitrogen and oxygen atoms in total. The molecule has 1 unspecified atom stereocenters. The molecule has 1 fully saturated rings. The summed E-state index contributed by atoms with van der Waals surface area (Å²) >= 11 is 0. The van der Waals surface area contributed by atoms with Crippen LogP contribution in [0.3, 0.4) is 0 Å². The van der Waals surface area contributed by atoms with E-state index in [0.29, 0.717) is 23.4 Å². The molecule has 1 amide bonds. The molecule has 39 heavy (non-hydrogen) atoms. The van der Waals surface area contributed by atoms with Crippen LogP contribution in [-0.2, 0) is 12.7 Å². The summed E-state index contributed by atoms with van der Waals surface area (Å²) in [7, 11) is 0. The summed E-state index contributed by atoms with van der Waals surface area (Å²) in [6.45, 7) is 1.65. The molecule has 1 aliphatic carbocycles. The second kappa shape index (κ2) is 10.1. The molecule has 2 N–H and O–H groups in total. The molecular formula is C28H23F5N4O2. The van der Waals surface area contributed by atoms with E-state index < -0.39 is 35.2 Å². The van der Waals surface area contributed by atoms with Gasteiger partial charge in [-0.25, -0.2) is 8.78 Å². The molecule has 4 aromatic rings. The monoisotopic (exact) mass is 542 g/mol. The van der Waals surface area contributed by atoms with E-state index in [1.165, 1.54) is 41.3 Å². The molecule has 0 saturated heterocycles. The van der Waals surface area contributed by atoms with Gasteiger partial charge in [0.2, 0.25) is 0 Å². The smallest absolute Gasteiger partial charge is 0.418 e. The average Bonchev–Trinajstić information content (AvgIpc) is 3.65. The number of alkyl halides is 3. The maximum absolute atomic E-state index is 13.9. The number of aromatic nitrogens is 2. The van der Waals surface area contributed by atoms with E-state index in [-0.39, 0.29) is 35.1 Å². The number of halogens is 5.